The van der Waals surface area contributed by atoms with Crippen molar-refractivity contribution in [1.82, 2.24) is 0 Å². The van der Waals surface area contributed by atoms with Crippen molar-refractivity contribution in [3.63, 3.8) is 0 Å². The molecule has 0 spiro atoms. The molecular weight excluding hydrogens is 544 g/mol. The molecule has 1 aliphatic heterocycles. The van der Waals surface area contributed by atoms with E-state index in [-0.39, 0.29) is 0 Å². The van der Waals surface area contributed by atoms with E-state index in [0.717, 1.165) is 25.7 Å². The van der Waals surface area contributed by atoms with E-state index in [0.29, 0.717) is 29.7 Å². The topological polar surface area (TPSA) is 6.48 Å². The van der Waals surface area contributed by atoms with Crippen molar-refractivity contribution in [3.8, 4) is 0 Å². The summed E-state index contributed by atoms with van der Waals surface area (Å²) < 4.78 is 0. The van der Waals surface area contributed by atoms with Gasteiger partial charge in [-0.15, -0.1) is 0 Å². The lowest BCUT2D eigenvalue weighted by Gasteiger charge is -2.39. The molecule has 5 atom stereocenters. The first-order valence-corrected chi connectivity index (χ1v) is 17.5. The van der Waals surface area contributed by atoms with Crippen LogP contribution in [0.5, 0.6) is 0 Å². The van der Waals surface area contributed by atoms with Crippen molar-refractivity contribution in [1.29, 1.82) is 0 Å². The molecule has 5 aliphatic rings. The Morgan fingerprint density at radius 2 is 1.53 bits per heavy atom. The summed E-state index contributed by atoms with van der Waals surface area (Å²) in [5.41, 5.74) is 11.9. The highest BCUT2D eigenvalue weighted by molar-refractivity contribution is 5.67. The van der Waals surface area contributed by atoms with Crippen LogP contribution in [-0.2, 0) is 0 Å². The second-order valence-electron chi connectivity index (χ2n) is 13.8. The van der Waals surface area contributed by atoms with Crippen molar-refractivity contribution in [2.75, 3.05) is 9.80 Å². The van der Waals surface area contributed by atoms with Crippen molar-refractivity contribution < 1.29 is 0 Å². The largest absolute Gasteiger partial charge is 0.341 e. The predicted octanol–water partition coefficient (Wildman–Crippen LogP) is 11.2. The molecule has 8 rings (SSSR count). The van der Waals surface area contributed by atoms with Crippen molar-refractivity contribution in [3.05, 3.63) is 155 Å². The molecule has 2 nitrogen and oxygen atoms in total. The summed E-state index contributed by atoms with van der Waals surface area (Å²) in [6.45, 7) is 2.47. The molecule has 228 valence electrons. The monoisotopic (exact) mass is 590 g/mol. The van der Waals surface area contributed by atoms with Gasteiger partial charge in [-0.25, -0.2) is 0 Å². The first kappa shape index (κ1) is 28.4. The summed E-state index contributed by atoms with van der Waals surface area (Å²) in [4.78, 5) is 5.32. The van der Waals surface area contributed by atoms with Gasteiger partial charge in [0, 0.05) is 40.4 Å². The molecule has 3 aromatic rings. The van der Waals surface area contributed by atoms with Crippen LogP contribution in [0.1, 0.15) is 87.7 Å². The number of anilines is 2. The molecule has 0 fully saturated rings. The molecule has 0 radical (unpaired) electrons. The minimum absolute atomic E-state index is 0.546. The molecule has 0 saturated heterocycles. The number of rotatable bonds is 6. The minimum Gasteiger partial charge on any atom is -0.341 e. The van der Waals surface area contributed by atoms with E-state index in [1.54, 1.807) is 11.3 Å². The molecule has 3 aromatic carbocycles. The van der Waals surface area contributed by atoms with Gasteiger partial charge in [0.15, 0.2) is 0 Å². The quantitative estimate of drug-likeness (QED) is 0.264. The Labute approximate surface area is 270 Å². The summed E-state index contributed by atoms with van der Waals surface area (Å²) in [6.07, 6.45) is 25.6. The summed E-state index contributed by atoms with van der Waals surface area (Å²) in [5.74, 6) is 2.36. The van der Waals surface area contributed by atoms with Crippen LogP contribution in [0.15, 0.2) is 144 Å². The van der Waals surface area contributed by atoms with Crippen LogP contribution in [0, 0.1) is 11.8 Å². The predicted molar refractivity (Wildman–Crippen MR) is 189 cm³/mol. The Balaban J connectivity index is 1.02. The van der Waals surface area contributed by atoms with Crippen LogP contribution in [0.3, 0.4) is 0 Å². The summed E-state index contributed by atoms with van der Waals surface area (Å²) in [6, 6.07) is 31.9. The Morgan fingerprint density at radius 1 is 0.733 bits per heavy atom. The van der Waals surface area contributed by atoms with Gasteiger partial charge in [-0.1, -0.05) is 110 Å². The molecule has 5 unspecified atom stereocenters. The smallest absolute Gasteiger partial charge is 0.0455 e. The van der Waals surface area contributed by atoms with Gasteiger partial charge < -0.3 is 9.80 Å². The molecule has 0 bridgehead atoms. The van der Waals surface area contributed by atoms with Crippen LogP contribution in [-0.4, -0.2) is 6.04 Å². The van der Waals surface area contributed by atoms with Crippen LogP contribution in [0.4, 0.5) is 11.4 Å². The minimum atomic E-state index is 0.546. The molecular formula is C43H46N2. The van der Waals surface area contributed by atoms with Crippen LogP contribution in [0.2, 0.25) is 0 Å². The van der Waals surface area contributed by atoms with Crippen molar-refractivity contribution in [2.45, 2.75) is 82.6 Å². The highest BCUT2D eigenvalue weighted by atomic mass is 15.2. The first-order valence-electron chi connectivity index (χ1n) is 17.5. The number of hydrogen-bond donors (Lipinski definition) is 0. The van der Waals surface area contributed by atoms with Crippen molar-refractivity contribution >= 4 is 11.4 Å². The Hall–Kier alpha value is -4.04. The average Bonchev–Trinajstić information content (AvgIpc) is 3.44. The van der Waals surface area contributed by atoms with E-state index < -0.39 is 0 Å². The van der Waals surface area contributed by atoms with E-state index in [9.17, 15) is 0 Å². The van der Waals surface area contributed by atoms with E-state index in [1.807, 2.05) is 0 Å². The SMILES string of the molecule is CC1C=C(N2c3ccccc3C3C=CCCC32)CCC1C1=CC=C(N(C2=CCC(c3ccccc3)CC2)c2ccccc2)CC1. The number of benzene rings is 3. The van der Waals surface area contributed by atoms with Gasteiger partial charge in [-0.2, -0.15) is 0 Å². The summed E-state index contributed by atoms with van der Waals surface area (Å²) >= 11 is 0. The number of fused-ring (bicyclic) bond motifs is 3. The third kappa shape index (κ3) is 5.43. The van der Waals surface area contributed by atoms with Crippen LogP contribution >= 0.6 is 0 Å². The Morgan fingerprint density at radius 3 is 2.29 bits per heavy atom. The maximum atomic E-state index is 2.74. The van der Waals surface area contributed by atoms with Crippen molar-refractivity contribution in [2.24, 2.45) is 11.8 Å². The fourth-order valence-corrected chi connectivity index (χ4v) is 9.03. The number of nitrogens with zero attached hydrogens (tertiary/aromatic N) is 2. The maximum absolute atomic E-state index is 2.74. The van der Waals surface area contributed by atoms with E-state index >= 15 is 0 Å². The van der Waals surface area contributed by atoms with E-state index in [4.69, 9.17) is 0 Å². The van der Waals surface area contributed by atoms with Gasteiger partial charge in [-0.3, -0.25) is 0 Å². The zero-order valence-corrected chi connectivity index (χ0v) is 26.7. The Kier molecular flexibility index (Phi) is 7.83. The summed E-state index contributed by atoms with van der Waals surface area (Å²) in [7, 11) is 0. The van der Waals surface area contributed by atoms with Gasteiger partial charge >= 0.3 is 0 Å². The van der Waals surface area contributed by atoms with Gasteiger partial charge in [0.05, 0.1) is 0 Å². The second-order valence-corrected chi connectivity index (χ2v) is 13.8. The number of hydrogen-bond acceptors (Lipinski definition) is 2. The van der Waals surface area contributed by atoms with Crippen LogP contribution < -0.4 is 9.80 Å². The average molecular weight is 591 g/mol. The van der Waals surface area contributed by atoms with Gasteiger partial charge in [-0.05, 0) is 111 Å². The molecule has 0 amide bonds. The molecule has 4 aliphatic carbocycles. The molecule has 0 saturated carbocycles. The summed E-state index contributed by atoms with van der Waals surface area (Å²) in [5, 5.41) is 0. The fraction of sp³-hybridized carbons (Fsp3) is 0.349. The molecule has 1 heterocycles. The standard InChI is InChI=1S/C43H46N2/c1-31-30-38(45-42-18-10-8-16-40(42)41-17-9-11-19-43(41)45)28-29-39(31)34-22-26-37(27-23-34)44(35-14-6-3-7-15-35)36-24-20-33(21-25-36)32-12-4-2-5-13-32/h2-10,12-18,22,24,26,30-31,33,39,41,43H,11,19-21,23,25,27-29H2,1H3. The fourth-order valence-electron chi connectivity index (χ4n) is 9.03. The first-order chi connectivity index (χ1) is 22.2. The lowest BCUT2D eigenvalue weighted by Crippen LogP contribution is -2.36. The molecule has 0 N–H and O–H groups in total. The zero-order chi connectivity index (χ0) is 30.2. The lowest BCUT2D eigenvalue weighted by atomic mass is 9.75. The van der Waals surface area contributed by atoms with E-state index in [2.05, 4.69) is 138 Å². The maximum Gasteiger partial charge on any atom is 0.0455 e. The zero-order valence-electron chi connectivity index (χ0n) is 26.7. The van der Waals surface area contributed by atoms with Gasteiger partial charge in [0.1, 0.15) is 0 Å². The third-order valence-corrected chi connectivity index (χ3v) is 11.3. The van der Waals surface area contributed by atoms with Crippen LogP contribution in [0.25, 0.3) is 0 Å². The highest BCUT2D eigenvalue weighted by Gasteiger charge is 2.40. The van der Waals surface area contributed by atoms with E-state index in [1.165, 1.54) is 66.0 Å². The van der Waals surface area contributed by atoms with Gasteiger partial charge in [0.2, 0.25) is 0 Å². The second kappa shape index (κ2) is 12.4. The molecule has 2 heteroatoms. The molecule has 45 heavy (non-hydrogen) atoms. The highest BCUT2D eigenvalue weighted by Crippen LogP contribution is 2.50. The lowest BCUT2D eigenvalue weighted by molar-refractivity contribution is 0.404. The normalized spacial score (nSPS) is 27.5. The third-order valence-electron chi connectivity index (χ3n) is 11.3. The number of allylic oxidation sites excluding steroid dienone is 9. The van der Waals surface area contributed by atoms with Gasteiger partial charge in [0.25, 0.3) is 0 Å². The Bertz CT molecular complexity index is 1670. The number of para-hydroxylation sites is 2. The molecule has 0 aromatic heterocycles.